The molecule has 0 radical (unpaired) electrons. The van der Waals surface area contributed by atoms with E-state index in [0.29, 0.717) is 11.1 Å². The smallest absolute Gasteiger partial charge is 0.354 e. The van der Waals surface area contributed by atoms with Crippen molar-refractivity contribution in [1.82, 2.24) is 25.1 Å². The number of carbonyl (C=O) groups is 3. The van der Waals surface area contributed by atoms with Gasteiger partial charge in [0.2, 0.25) is 5.65 Å². The van der Waals surface area contributed by atoms with Crippen LogP contribution in [0.25, 0.3) is 5.65 Å². The molecule has 0 spiro atoms. The Morgan fingerprint density at radius 2 is 1.89 bits per heavy atom. The van der Waals surface area contributed by atoms with Crippen molar-refractivity contribution in [1.29, 1.82) is 0 Å². The van der Waals surface area contributed by atoms with Crippen LogP contribution in [0.1, 0.15) is 49.9 Å². The maximum atomic E-state index is 12.5. The minimum absolute atomic E-state index is 0.222. The number of esters is 1. The normalized spacial score (nSPS) is 11.8. The number of nitrogens with zero attached hydrogens (tertiary/aromatic N) is 4. The average Bonchev–Trinajstić information content (AvgIpc) is 3.07. The van der Waals surface area contributed by atoms with E-state index in [1.54, 1.807) is 31.2 Å². The van der Waals surface area contributed by atoms with Gasteiger partial charge in [0, 0.05) is 6.07 Å². The summed E-state index contributed by atoms with van der Waals surface area (Å²) < 4.78 is 5.45. The van der Waals surface area contributed by atoms with Gasteiger partial charge in [-0.15, -0.1) is 0 Å². The molecule has 11 nitrogen and oxygen atoms in total. The SMILES string of the molecule is COC(=O)c1ccc([C@H](C)NC(=O)c2cc(C(=O)O)n3nnc(O)c3n2)cc1. The molecule has 1 aromatic carbocycles. The molecule has 1 atom stereocenters. The summed E-state index contributed by atoms with van der Waals surface area (Å²) >= 11 is 0. The Labute approximate surface area is 157 Å². The minimum Gasteiger partial charge on any atom is -0.489 e. The van der Waals surface area contributed by atoms with Gasteiger partial charge in [-0.25, -0.2) is 14.6 Å². The number of carboxylic acids is 1. The lowest BCUT2D eigenvalue weighted by atomic mass is 10.1. The number of aromatic hydroxyl groups is 1. The molecular weight excluding hydrogens is 370 g/mol. The molecule has 3 aromatic rings. The molecule has 11 heteroatoms. The predicted octanol–water partition coefficient (Wildman–Crippen LogP) is 0.806. The largest absolute Gasteiger partial charge is 0.489 e. The van der Waals surface area contributed by atoms with Crippen molar-refractivity contribution in [2.75, 3.05) is 7.11 Å². The molecule has 144 valence electrons. The number of aromatic nitrogens is 4. The zero-order valence-corrected chi connectivity index (χ0v) is 14.8. The van der Waals surface area contributed by atoms with Gasteiger partial charge in [0.1, 0.15) is 5.69 Å². The first-order chi connectivity index (χ1) is 13.3. The molecule has 1 amide bonds. The van der Waals surface area contributed by atoms with E-state index in [4.69, 9.17) is 0 Å². The van der Waals surface area contributed by atoms with Crippen LogP contribution in [0.2, 0.25) is 0 Å². The second-order valence-electron chi connectivity index (χ2n) is 5.79. The fraction of sp³-hybridized carbons (Fsp3) is 0.176. The molecule has 3 rings (SSSR count). The van der Waals surface area contributed by atoms with E-state index in [0.717, 1.165) is 10.6 Å². The van der Waals surface area contributed by atoms with Gasteiger partial charge in [-0.2, -0.15) is 4.52 Å². The molecule has 2 aromatic heterocycles. The second-order valence-corrected chi connectivity index (χ2v) is 5.79. The number of hydrogen-bond donors (Lipinski definition) is 3. The molecule has 0 aliphatic carbocycles. The van der Waals surface area contributed by atoms with Gasteiger partial charge in [-0.05, 0) is 24.6 Å². The molecule has 2 heterocycles. The summed E-state index contributed by atoms with van der Waals surface area (Å²) in [6.45, 7) is 1.71. The van der Waals surface area contributed by atoms with Crippen LogP contribution in [0.5, 0.6) is 5.88 Å². The molecule has 0 aliphatic heterocycles. The fourth-order valence-electron chi connectivity index (χ4n) is 2.51. The van der Waals surface area contributed by atoms with Gasteiger partial charge < -0.3 is 20.3 Å². The fourth-order valence-corrected chi connectivity index (χ4v) is 2.51. The van der Waals surface area contributed by atoms with Crippen LogP contribution in [0.4, 0.5) is 0 Å². The van der Waals surface area contributed by atoms with E-state index in [1.165, 1.54) is 7.11 Å². The van der Waals surface area contributed by atoms with Crippen molar-refractivity contribution in [3.63, 3.8) is 0 Å². The number of amides is 1. The first kappa shape index (κ1) is 18.8. The van der Waals surface area contributed by atoms with E-state index < -0.39 is 29.8 Å². The zero-order chi connectivity index (χ0) is 20.4. The summed E-state index contributed by atoms with van der Waals surface area (Å²) in [6.07, 6.45) is 0. The Balaban J connectivity index is 1.85. The van der Waals surface area contributed by atoms with Gasteiger partial charge in [-0.1, -0.05) is 22.4 Å². The molecular formula is C17H15N5O6. The number of ether oxygens (including phenoxy) is 1. The highest BCUT2D eigenvalue weighted by molar-refractivity contribution is 5.96. The van der Waals surface area contributed by atoms with E-state index in [2.05, 4.69) is 25.3 Å². The lowest BCUT2D eigenvalue weighted by Gasteiger charge is -2.14. The van der Waals surface area contributed by atoms with Gasteiger partial charge in [0.05, 0.1) is 18.7 Å². The molecule has 0 saturated carbocycles. The van der Waals surface area contributed by atoms with E-state index in [-0.39, 0.29) is 17.0 Å². The van der Waals surface area contributed by atoms with Crippen LogP contribution in [0, 0.1) is 0 Å². The zero-order valence-electron chi connectivity index (χ0n) is 14.8. The van der Waals surface area contributed by atoms with Crippen LogP contribution in [0.15, 0.2) is 30.3 Å². The quantitative estimate of drug-likeness (QED) is 0.541. The van der Waals surface area contributed by atoms with Gasteiger partial charge in [0.15, 0.2) is 5.69 Å². The first-order valence-corrected chi connectivity index (χ1v) is 7.99. The summed E-state index contributed by atoms with van der Waals surface area (Å²) in [4.78, 5) is 39.3. The van der Waals surface area contributed by atoms with Crippen LogP contribution in [-0.2, 0) is 4.74 Å². The number of hydrogen-bond acceptors (Lipinski definition) is 8. The summed E-state index contributed by atoms with van der Waals surface area (Å²) in [5, 5.41) is 28.4. The van der Waals surface area contributed by atoms with Crippen molar-refractivity contribution in [3.8, 4) is 5.88 Å². The van der Waals surface area contributed by atoms with Crippen molar-refractivity contribution in [3.05, 3.63) is 52.8 Å². The number of carboxylic acid groups (broad SMARTS) is 1. The van der Waals surface area contributed by atoms with Gasteiger partial charge >= 0.3 is 11.9 Å². The molecule has 28 heavy (non-hydrogen) atoms. The first-order valence-electron chi connectivity index (χ1n) is 7.99. The Morgan fingerprint density at radius 1 is 1.21 bits per heavy atom. The van der Waals surface area contributed by atoms with Crippen molar-refractivity contribution in [2.24, 2.45) is 0 Å². The lowest BCUT2D eigenvalue weighted by Crippen LogP contribution is -2.28. The molecule has 0 bridgehead atoms. The van der Waals surface area contributed by atoms with Crippen LogP contribution >= 0.6 is 0 Å². The third-order valence-electron chi connectivity index (χ3n) is 3.99. The van der Waals surface area contributed by atoms with E-state index >= 15 is 0 Å². The number of nitrogens with one attached hydrogen (secondary N) is 1. The molecule has 0 fully saturated rings. The number of fused-ring (bicyclic) bond motifs is 1. The molecule has 0 saturated heterocycles. The number of benzene rings is 1. The Morgan fingerprint density at radius 3 is 2.50 bits per heavy atom. The van der Waals surface area contributed by atoms with E-state index in [1.807, 2.05) is 0 Å². The minimum atomic E-state index is -1.36. The lowest BCUT2D eigenvalue weighted by molar-refractivity contribution is 0.0599. The Kier molecular flexibility index (Phi) is 4.90. The highest BCUT2D eigenvalue weighted by Gasteiger charge is 2.21. The summed E-state index contributed by atoms with van der Waals surface area (Å²) in [5.74, 6) is -3.09. The molecule has 3 N–H and O–H groups in total. The standard InChI is InChI=1S/C17H15N5O6/c1-8(9-3-5-10(6-4-9)17(27)28-2)18-14(23)11-7-12(16(25)26)22-13(19-11)15(24)20-21-22/h3-8,24H,1-2H3,(H,18,23)(H,25,26)/t8-/m0/s1. The number of aromatic carboxylic acids is 1. The number of methoxy groups -OCH3 is 1. The maximum absolute atomic E-state index is 12.5. The monoisotopic (exact) mass is 385 g/mol. The highest BCUT2D eigenvalue weighted by atomic mass is 16.5. The van der Waals surface area contributed by atoms with Crippen molar-refractivity contribution >= 4 is 23.5 Å². The number of carbonyl (C=O) groups excluding carboxylic acids is 2. The van der Waals surface area contributed by atoms with Crippen LogP contribution in [0.3, 0.4) is 0 Å². The summed E-state index contributed by atoms with van der Waals surface area (Å²) in [5.41, 5.74) is 0.222. The highest BCUT2D eigenvalue weighted by Crippen LogP contribution is 2.17. The second kappa shape index (κ2) is 7.31. The van der Waals surface area contributed by atoms with Gasteiger partial charge in [-0.3, -0.25) is 4.79 Å². The van der Waals surface area contributed by atoms with Crippen LogP contribution in [-0.4, -0.2) is 55.0 Å². The topological polar surface area (TPSA) is 156 Å². The Bertz CT molecular complexity index is 1080. The third-order valence-corrected chi connectivity index (χ3v) is 3.99. The number of rotatable bonds is 5. The maximum Gasteiger partial charge on any atom is 0.354 e. The Hall–Kier alpha value is -4.02. The molecule has 0 aliphatic rings. The molecule has 0 unspecified atom stereocenters. The predicted molar refractivity (Wildman–Crippen MR) is 93.1 cm³/mol. The van der Waals surface area contributed by atoms with Gasteiger partial charge in [0.25, 0.3) is 11.8 Å². The van der Waals surface area contributed by atoms with E-state index in [9.17, 15) is 24.6 Å². The van der Waals surface area contributed by atoms with Crippen molar-refractivity contribution in [2.45, 2.75) is 13.0 Å². The summed E-state index contributed by atoms with van der Waals surface area (Å²) in [7, 11) is 1.28. The third kappa shape index (κ3) is 3.45. The average molecular weight is 385 g/mol. The van der Waals surface area contributed by atoms with Crippen LogP contribution < -0.4 is 5.32 Å². The summed E-state index contributed by atoms with van der Waals surface area (Å²) in [6, 6.07) is 7.00. The van der Waals surface area contributed by atoms with Crippen molar-refractivity contribution < 1.29 is 29.3 Å².